The molecule has 0 saturated heterocycles. The van der Waals surface area contributed by atoms with E-state index in [1.807, 2.05) is 6.92 Å². The summed E-state index contributed by atoms with van der Waals surface area (Å²) in [5.74, 6) is -2.23. The molecule has 0 radical (unpaired) electrons. The van der Waals surface area contributed by atoms with Crippen molar-refractivity contribution in [2.24, 2.45) is 11.7 Å². The summed E-state index contributed by atoms with van der Waals surface area (Å²) in [4.78, 5) is 26.8. The highest BCUT2D eigenvalue weighted by Gasteiger charge is 2.32. The van der Waals surface area contributed by atoms with E-state index in [9.17, 15) is 14.7 Å². The van der Waals surface area contributed by atoms with Crippen LogP contribution in [0.3, 0.4) is 0 Å². The normalized spacial score (nSPS) is 13.4. The molecule has 0 aliphatic carbocycles. The van der Waals surface area contributed by atoms with Gasteiger partial charge in [0, 0.05) is 24.2 Å². The quantitative estimate of drug-likeness (QED) is 0.642. The van der Waals surface area contributed by atoms with Crippen molar-refractivity contribution in [3.8, 4) is 0 Å². The van der Waals surface area contributed by atoms with E-state index in [-0.39, 0.29) is 0 Å². The zero-order chi connectivity index (χ0) is 16.8. The number of primary amides is 1. The van der Waals surface area contributed by atoms with Gasteiger partial charge >= 0.3 is 5.97 Å². The van der Waals surface area contributed by atoms with Crippen molar-refractivity contribution >= 4 is 11.9 Å². The first-order valence-electron chi connectivity index (χ1n) is 7.23. The number of pyridine rings is 1. The van der Waals surface area contributed by atoms with Crippen LogP contribution >= 0.6 is 0 Å². The Balaban J connectivity index is 2.27. The number of nitrogens with zero attached hydrogens (tertiary/aromatic N) is 4. The average Bonchev–Trinajstić information content (AvgIpc) is 3.05. The van der Waals surface area contributed by atoms with Gasteiger partial charge in [0.25, 0.3) is 0 Å². The van der Waals surface area contributed by atoms with Crippen molar-refractivity contribution in [1.29, 1.82) is 0 Å². The molecule has 0 unspecified atom stereocenters. The monoisotopic (exact) mass is 318 g/mol. The van der Waals surface area contributed by atoms with E-state index in [1.165, 1.54) is 6.20 Å². The van der Waals surface area contributed by atoms with Gasteiger partial charge in [-0.1, -0.05) is 18.6 Å². The summed E-state index contributed by atoms with van der Waals surface area (Å²) in [6.07, 6.45) is 2.92. The highest BCUT2D eigenvalue weighted by molar-refractivity contribution is 5.92. The Bertz CT molecular complexity index is 656. The second-order valence-electron chi connectivity index (χ2n) is 5.22. The number of nitrogens with one attached hydrogen (secondary N) is 1. The number of aromatic nitrogens is 5. The number of hydrogen-bond donors (Lipinski definition) is 3. The van der Waals surface area contributed by atoms with Gasteiger partial charge in [-0.05, 0) is 18.6 Å². The summed E-state index contributed by atoms with van der Waals surface area (Å²) in [6, 6.07) is 3.21. The lowest BCUT2D eigenvalue weighted by Crippen LogP contribution is -2.25. The molecule has 2 aromatic heterocycles. The fraction of sp³-hybridized carbons (Fsp3) is 0.429. The maximum Gasteiger partial charge on any atom is 0.307 e. The van der Waals surface area contributed by atoms with Crippen molar-refractivity contribution in [1.82, 2.24) is 25.6 Å². The van der Waals surface area contributed by atoms with Crippen LogP contribution in [0.4, 0.5) is 0 Å². The highest BCUT2D eigenvalue weighted by atomic mass is 16.4. The highest BCUT2D eigenvalue weighted by Crippen LogP contribution is 2.29. The second kappa shape index (κ2) is 7.43. The zero-order valence-corrected chi connectivity index (χ0v) is 12.6. The van der Waals surface area contributed by atoms with Crippen molar-refractivity contribution in [3.05, 3.63) is 35.4 Å². The summed E-state index contributed by atoms with van der Waals surface area (Å²) in [6.45, 7) is 1.92. The van der Waals surface area contributed by atoms with E-state index < -0.39 is 23.7 Å². The van der Waals surface area contributed by atoms with Crippen molar-refractivity contribution in [2.75, 3.05) is 0 Å². The Labute approximate surface area is 132 Å². The number of carboxylic acids is 1. The van der Waals surface area contributed by atoms with Gasteiger partial charge in [0.05, 0.1) is 11.5 Å². The van der Waals surface area contributed by atoms with Gasteiger partial charge in [0.2, 0.25) is 5.91 Å². The minimum atomic E-state index is -0.907. The third kappa shape index (κ3) is 4.09. The predicted octanol–water partition coefficient (Wildman–Crippen LogP) is 0.521. The minimum absolute atomic E-state index is 0.299. The Kier molecular flexibility index (Phi) is 5.34. The molecule has 0 aliphatic rings. The molecule has 0 bridgehead atoms. The molecule has 2 heterocycles. The van der Waals surface area contributed by atoms with Crippen LogP contribution in [-0.4, -0.2) is 42.6 Å². The fourth-order valence-electron chi connectivity index (χ4n) is 2.46. The molecule has 9 nitrogen and oxygen atoms in total. The summed E-state index contributed by atoms with van der Waals surface area (Å²) in [5.41, 5.74) is 6.11. The Morgan fingerprint density at radius 1 is 1.39 bits per heavy atom. The molecule has 0 fully saturated rings. The smallest absolute Gasteiger partial charge is 0.307 e. The standard InChI is InChI=1S/C14H18N6O3/c1-2-3-10(14(22)23)11(13-17-19-20-18-13)6-9-5-4-8(7-16-9)12(15)21/h4-5,7,10-11H,2-3,6H2,1H3,(H2,15,21)(H,22,23)(H,17,18,19,20)/t10-,11-/m0/s1. The molecule has 0 aromatic carbocycles. The SMILES string of the molecule is CCC[C@H](C(=O)O)[C@H](Cc1ccc(C(N)=O)cn1)c1nn[nH]n1. The van der Waals surface area contributed by atoms with Crippen LogP contribution in [0, 0.1) is 5.92 Å². The van der Waals surface area contributed by atoms with Crippen molar-refractivity contribution in [3.63, 3.8) is 0 Å². The van der Waals surface area contributed by atoms with E-state index in [0.717, 1.165) is 6.42 Å². The Morgan fingerprint density at radius 3 is 2.65 bits per heavy atom. The van der Waals surface area contributed by atoms with E-state index in [1.54, 1.807) is 12.1 Å². The average molecular weight is 318 g/mol. The fourth-order valence-corrected chi connectivity index (χ4v) is 2.46. The van der Waals surface area contributed by atoms with Gasteiger partial charge in [-0.15, -0.1) is 10.2 Å². The molecule has 4 N–H and O–H groups in total. The van der Waals surface area contributed by atoms with Crippen LogP contribution in [0.2, 0.25) is 0 Å². The molecular formula is C14H18N6O3. The summed E-state index contributed by atoms with van der Waals surface area (Å²) < 4.78 is 0. The van der Waals surface area contributed by atoms with Crippen LogP contribution in [0.25, 0.3) is 0 Å². The largest absolute Gasteiger partial charge is 0.481 e. The number of amides is 1. The molecule has 23 heavy (non-hydrogen) atoms. The third-order valence-electron chi connectivity index (χ3n) is 3.63. The Morgan fingerprint density at radius 2 is 2.17 bits per heavy atom. The lowest BCUT2D eigenvalue weighted by Gasteiger charge is -2.20. The second-order valence-corrected chi connectivity index (χ2v) is 5.22. The van der Waals surface area contributed by atoms with Crippen molar-refractivity contribution in [2.45, 2.75) is 32.1 Å². The number of tetrazole rings is 1. The number of carbonyl (C=O) groups is 2. The first kappa shape index (κ1) is 16.5. The molecule has 2 rings (SSSR count). The molecular weight excluding hydrogens is 300 g/mol. The zero-order valence-electron chi connectivity index (χ0n) is 12.6. The molecule has 0 saturated carbocycles. The molecule has 0 aliphatic heterocycles. The van der Waals surface area contributed by atoms with Gasteiger partial charge in [0.15, 0.2) is 5.82 Å². The topological polar surface area (TPSA) is 148 Å². The first-order valence-corrected chi connectivity index (χ1v) is 7.23. The van der Waals surface area contributed by atoms with Crippen LogP contribution in [0.1, 0.15) is 47.6 Å². The molecule has 122 valence electrons. The van der Waals surface area contributed by atoms with Crippen molar-refractivity contribution < 1.29 is 14.7 Å². The van der Waals surface area contributed by atoms with E-state index in [4.69, 9.17) is 5.73 Å². The van der Waals surface area contributed by atoms with Gasteiger partial charge < -0.3 is 10.8 Å². The van der Waals surface area contributed by atoms with Crippen LogP contribution in [-0.2, 0) is 11.2 Å². The summed E-state index contributed by atoms with van der Waals surface area (Å²) in [7, 11) is 0. The van der Waals surface area contributed by atoms with Crippen LogP contribution in [0.5, 0.6) is 0 Å². The lowest BCUT2D eigenvalue weighted by molar-refractivity contribution is -0.143. The summed E-state index contributed by atoms with van der Waals surface area (Å²) in [5, 5.41) is 23.2. The number of H-pyrrole nitrogens is 1. The number of aromatic amines is 1. The maximum atomic E-state index is 11.6. The molecule has 1 amide bonds. The van der Waals surface area contributed by atoms with E-state index in [0.29, 0.717) is 29.9 Å². The van der Waals surface area contributed by atoms with E-state index >= 15 is 0 Å². The minimum Gasteiger partial charge on any atom is -0.481 e. The van der Waals surface area contributed by atoms with Gasteiger partial charge in [-0.2, -0.15) is 5.21 Å². The van der Waals surface area contributed by atoms with E-state index in [2.05, 4.69) is 25.6 Å². The van der Waals surface area contributed by atoms with Crippen LogP contribution in [0.15, 0.2) is 18.3 Å². The lowest BCUT2D eigenvalue weighted by atomic mass is 9.84. The van der Waals surface area contributed by atoms with Gasteiger partial charge in [0.1, 0.15) is 0 Å². The Hall–Kier alpha value is -2.84. The first-order chi connectivity index (χ1) is 11.0. The van der Waals surface area contributed by atoms with Crippen LogP contribution < -0.4 is 5.73 Å². The number of rotatable bonds is 8. The number of carbonyl (C=O) groups excluding carboxylic acids is 1. The van der Waals surface area contributed by atoms with Gasteiger partial charge in [-0.3, -0.25) is 14.6 Å². The van der Waals surface area contributed by atoms with Gasteiger partial charge in [-0.25, -0.2) is 0 Å². The molecule has 2 aromatic rings. The third-order valence-corrected chi connectivity index (χ3v) is 3.63. The maximum absolute atomic E-state index is 11.6. The number of nitrogens with two attached hydrogens (primary N) is 1. The number of carboxylic acid groups (broad SMARTS) is 1. The molecule has 0 spiro atoms. The molecule has 2 atom stereocenters. The molecule has 9 heteroatoms. The summed E-state index contributed by atoms with van der Waals surface area (Å²) >= 11 is 0. The predicted molar refractivity (Wildman–Crippen MR) is 79.4 cm³/mol. The number of aliphatic carboxylic acids is 1. The number of hydrogen-bond acceptors (Lipinski definition) is 6.